The van der Waals surface area contributed by atoms with Crippen molar-refractivity contribution in [3.05, 3.63) is 59.6 Å². The predicted octanol–water partition coefficient (Wildman–Crippen LogP) is 1.33. The second-order valence-electron chi connectivity index (χ2n) is 7.08. The lowest BCUT2D eigenvalue weighted by molar-refractivity contribution is -0.137. The molecule has 15 heteroatoms. The van der Waals surface area contributed by atoms with Gasteiger partial charge in [0.15, 0.2) is 21.5 Å². The van der Waals surface area contributed by atoms with Crippen molar-refractivity contribution in [3.63, 3.8) is 0 Å². The molecule has 0 aliphatic heterocycles. The van der Waals surface area contributed by atoms with Crippen molar-refractivity contribution >= 4 is 21.7 Å². The average molecular weight is 497 g/mol. The summed E-state index contributed by atoms with van der Waals surface area (Å²) < 4.78 is 64.6. The van der Waals surface area contributed by atoms with E-state index in [0.29, 0.717) is 12.1 Å². The van der Waals surface area contributed by atoms with Crippen molar-refractivity contribution in [2.24, 2.45) is 0 Å². The number of benzene rings is 1. The standard InChI is InChI=1S/C19H18F3N7O4S/c1-10(16-26-9-27-29(16)15-7-14(18(31)23-2)24-8-25-15)28-17(30)11-4-12(19(20,21)22)6-13(5-11)34(3,32)33/h4-10H,1-3H3,(H,23,31)(H,28,30)/t10-/m0/s1. The smallest absolute Gasteiger partial charge is 0.354 e. The first-order chi connectivity index (χ1) is 15.8. The van der Waals surface area contributed by atoms with Crippen LogP contribution in [0.2, 0.25) is 0 Å². The van der Waals surface area contributed by atoms with E-state index in [1.807, 2.05) is 0 Å². The third-order valence-electron chi connectivity index (χ3n) is 4.56. The molecule has 180 valence electrons. The number of alkyl halides is 3. The van der Waals surface area contributed by atoms with Crippen LogP contribution in [0.15, 0.2) is 41.8 Å². The number of hydrogen-bond donors (Lipinski definition) is 2. The molecule has 2 heterocycles. The van der Waals surface area contributed by atoms with E-state index >= 15 is 0 Å². The minimum atomic E-state index is -4.86. The minimum Gasteiger partial charge on any atom is -0.354 e. The topological polar surface area (TPSA) is 149 Å². The van der Waals surface area contributed by atoms with Crippen LogP contribution in [0, 0.1) is 0 Å². The lowest BCUT2D eigenvalue weighted by atomic mass is 10.1. The fourth-order valence-electron chi connectivity index (χ4n) is 2.89. The molecule has 2 amide bonds. The van der Waals surface area contributed by atoms with Gasteiger partial charge in [-0.3, -0.25) is 9.59 Å². The van der Waals surface area contributed by atoms with Crippen molar-refractivity contribution in [3.8, 4) is 5.82 Å². The first-order valence-electron chi connectivity index (χ1n) is 9.49. The summed E-state index contributed by atoms with van der Waals surface area (Å²) in [4.78, 5) is 35.8. The third kappa shape index (κ3) is 5.36. The average Bonchev–Trinajstić information content (AvgIpc) is 3.27. The summed E-state index contributed by atoms with van der Waals surface area (Å²) in [5, 5.41) is 8.89. The quantitative estimate of drug-likeness (QED) is 0.518. The molecule has 1 aromatic carbocycles. The van der Waals surface area contributed by atoms with E-state index in [9.17, 15) is 31.2 Å². The molecule has 0 saturated heterocycles. The van der Waals surface area contributed by atoms with E-state index < -0.39 is 49.9 Å². The maximum atomic E-state index is 13.3. The fraction of sp³-hybridized carbons (Fsp3) is 0.263. The summed E-state index contributed by atoms with van der Waals surface area (Å²) in [6.45, 7) is 1.49. The number of sulfone groups is 1. The van der Waals surface area contributed by atoms with Gasteiger partial charge in [-0.1, -0.05) is 0 Å². The Hall–Kier alpha value is -3.88. The van der Waals surface area contributed by atoms with E-state index in [2.05, 4.69) is 30.7 Å². The summed E-state index contributed by atoms with van der Waals surface area (Å²) in [5.41, 5.74) is -1.74. The number of carbonyl (C=O) groups excluding carboxylic acids is 2. The van der Waals surface area contributed by atoms with Crippen LogP contribution >= 0.6 is 0 Å². The highest BCUT2D eigenvalue weighted by atomic mass is 32.2. The van der Waals surface area contributed by atoms with Crippen LogP contribution < -0.4 is 10.6 Å². The maximum Gasteiger partial charge on any atom is 0.416 e. The molecule has 0 aliphatic rings. The Morgan fingerprint density at radius 3 is 2.35 bits per heavy atom. The van der Waals surface area contributed by atoms with E-state index in [4.69, 9.17) is 0 Å². The first-order valence-corrected chi connectivity index (χ1v) is 11.4. The third-order valence-corrected chi connectivity index (χ3v) is 5.65. The van der Waals surface area contributed by atoms with Gasteiger partial charge in [0.2, 0.25) is 0 Å². The molecular weight excluding hydrogens is 479 g/mol. The molecule has 0 fully saturated rings. The Balaban J connectivity index is 1.93. The van der Waals surface area contributed by atoms with Crippen LogP contribution in [0.25, 0.3) is 5.82 Å². The number of halogens is 3. The van der Waals surface area contributed by atoms with Gasteiger partial charge < -0.3 is 10.6 Å². The summed E-state index contributed by atoms with van der Waals surface area (Å²) >= 11 is 0. The minimum absolute atomic E-state index is 0.0444. The second-order valence-corrected chi connectivity index (χ2v) is 9.10. The molecule has 2 N–H and O–H groups in total. The molecule has 0 bridgehead atoms. The van der Waals surface area contributed by atoms with Crippen molar-refractivity contribution in [2.45, 2.75) is 24.0 Å². The molecule has 0 unspecified atom stereocenters. The molecule has 0 aliphatic carbocycles. The van der Waals surface area contributed by atoms with Crippen molar-refractivity contribution in [1.29, 1.82) is 0 Å². The summed E-state index contributed by atoms with van der Waals surface area (Å²) in [7, 11) is -2.60. The first kappa shape index (κ1) is 24.8. The van der Waals surface area contributed by atoms with Gasteiger partial charge in [0.05, 0.1) is 16.5 Å². The monoisotopic (exact) mass is 497 g/mol. The molecule has 2 aromatic heterocycles. The number of rotatable bonds is 6. The Bertz CT molecular complexity index is 1360. The van der Waals surface area contributed by atoms with E-state index in [1.165, 1.54) is 24.7 Å². The molecule has 3 rings (SSSR count). The molecular formula is C19H18F3N7O4S. The van der Waals surface area contributed by atoms with Crippen molar-refractivity contribution < 1.29 is 31.2 Å². The Morgan fingerprint density at radius 2 is 1.74 bits per heavy atom. The fourth-order valence-corrected chi connectivity index (χ4v) is 3.57. The highest BCUT2D eigenvalue weighted by molar-refractivity contribution is 7.90. The number of nitrogens with one attached hydrogen (secondary N) is 2. The van der Waals surface area contributed by atoms with Gasteiger partial charge in [0, 0.05) is 24.9 Å². The van der Waals surface area contributed by atoms with Gasteiger partial charge in [-0.15, -0.1) is 0 Å². The Kier molecular flexibility index (Phi) is 6.67. The van der Waals surface area contributed by atoms with Crippen LogP contribution in [-0.4, -0.2) is 58.3 Å². The predicted molar refractivity (Wildman–Crippen MR) is 111 cm³/mol. The van der Waals surface area contributed by atoms with Crippen LogP contribution in [0.4, 0.5) is 13.2 Å². The van der Waals surface area contributed by atoms with Gasteiger partial charge in [0.25, 0.3) is 11.8 Å². The zero-order chi connectivity index (χ0) is 25.3. The number of carbonyl (C=O) groups is 2. The van der Waals surface area contributed by atoms with Crippen LogP contribution in [-0.2, 0) is 16.0 Å². The van der Waals surface area contributed by atoms with Crippen LogP contribution in [0.3, 0.4) is 0 Å². The molecule has 0 spiro atoms. The second kappa shape index (κ2) is 9.17. The Morgan fingerprint density at radius 1 is 1.03 bits per heavy atom. The lowest BCUT2D eigenvalue weighted by Gasteiger charge is -2.16. The summed E-state index contributed by atoms with van der Waals surface area (Å²) in [6, 6.07) is 2.31. The lowest BCUT2D eigenvalue weighted by Crippen LogP contribution is -2.29. The molecule has 34 heavy (non-hydrogen) atoms. The zero-order valence-electron chi connectivity index (χ0n) is 18.0. The molecule has 1 atom stereocenters. The van der Waals surface area contributed by atoms with Crippen LogP contribution in [0.1, 0.15) is 45.2 Å². The van der Waals surface area contributed by atoms with Gasteiger partial charge >= 0.3 is 6.18 Å². The zero-order valence-corrected chi connectivity index (χ0v) is 18.8. The van der Waals surface area contributed by atoms with Crippen molar-refractivity contribution in [2.75, 3.05) is 13.3 Å². The summed E-state index contributed by atoms with van der Waals surface area (Å²) in [5.74, 6) is -1.14. The van der Waals surface area contributed by atoms with Crippen molar-refractivity contribution in [1.82, 2.24) is 35.4 Å². The van der Waals surface area contributed by atoms with E-state index in [-0.39, 0.29) is 17.3 Å². The van der Waals surface area contributed by atoms with E-state index in [0.717, 1.165) is 25.0 Å². The maximum absolute atomic E-state index is 13.3. The number of aromatic nitrogens is 5. The summed E-state index contributed by atoms with van der Waals surface area (Å²) in [6.07, 6.45) is -1.84. The number of amides is 2. The Labute approximate surface area is 191 Å². The number of hydrogen-bond acceptors (Lipinski definition) is 8. The molecule has 0 saturated carbocycles. The largest absolute Gasteiger partial charge is 0.416 e. The SMILES string of the molecule is CNC(=O)c1cc(-n2ncnc2[C@H](C)NC(=O)c2cc(C(F)(F)F)cc(S(C)(=O)=O)c2)ncn1. The molecule has 11 nitrogen and oxygen atoms in total. The molecule has 3 aromatic rings. The van der Waals surface area contributed by atoms with Gasteiger partial charge in [-0.05, 0) is 25.1 Å². The number of nitrogens with zero attached hydrogens (tertiary/aromatic N) is 5. The van der Waals surface area contributed by atoms with Gasteiger partial charge in [-0.2, -0.15) is 23.0 Å². The van der Waals surface area contributed by atoms with Gasteiger partial charge in [0.1, 0.15) is 18.3 Å². The highest BCUT2D eigenvalue weighted by Crippen LogP contribution is 2.32. The normalized spacial score (nSPS) is 12.8. The van der Waals surface area contributed by atoms with Gasteiger partial charge in [-0.25, -0.2) is 23.4 Å². The van der Waals surface area contributed by atoms with Crippen LogP contribution in [0.5, 0.6) is 0 Å². The molecule has 0 radical (unpaired) electrons. The highest BCUT2D eigenvalue weighted by Gasteiger charge is 2.33. The van der Waals surface area contributed by atoms with E-state index in [1.54, 1.807) is 0 Å².